The number of para-hydroxylation sites is 3. The smallest absolute Gasteiger partial charge is 0.226 e. The van der Waals surface area contributed by atoms with Crippen LogP contribution in [0.5, 0.6) is 23.0 Å². The van der Waals surface area contributed by atoms with Crippen molar-refractivity contribution in [3.05, 3.63) is 78.1 Å². The number of ether oxygens (including phenoxy) is 2. The van der Waals surface area contributed by atoms with Crippen LogP contribution in [0.4, 0.5) is 0 Å². The van der Waals surface area contributed by atoms with Crippen molar-refractivity contribution in [3.63, 3.8) is 0 Å². The lowest BCUT2D eigenvalue weighted by Crippen LogP contribution is -2.03. The van der Waals surface area contributed by atoms with Crippen molar-refractivity contribution < 1.29 is 9.47 Å². The minimum Gasteiger partial charge on any atom is -0.449 e. The van der Waals surface area contributed by atoms with E-state index < -0.39 is 0 Å². The van der Waals surface area contributed by atoms with Gasteiger partial charge in [0.2, 0.25) is 5.28 Å². The molecule has 0 spiro atoms. The molecule has 27 heavy (non-hydrogen) atoms. The number of halogens is 1. The number of benzene rings is 3. The zero-order chi connectivity index (χ0) is 18.2. The van der Waals surface area contributed by atoms with Crippen molar-refractivity contribution >= 4 is 11.6 Å². The third-order valence-electron chi connectivity index (χ3n) is 4.14. The van der Waals surface area contributed by atoms with E-state index in [1.54, 1.807) is 0 Å². The van der Waals surface area contributed by atoms with Crippen molar-refractivity contribution in [2.24, 2.45) is 0 Å². The fraction of sp³-hybridized carbons (Fsp3) is 0. The molecule has 2 heterocycles. The maximum atomic E-state index is 6.18. The first-order valence-corrected chi connectivity index (χ1v) is 8.71. The summed E-state index contributed by atoms with van der Waals surface area (Å²) in [6.45, 7) is 0. The summed E-state index contributed by atoms with van der Waals surface area (Å²) < 4.78 is 12.0. The zero-order valence-corrected chi connectivity index (χ0v) is 14.7. The van der Waals surface area contributed by atoms with Gasteiger partial charge in [-0.2, -0.15) is 9.97 Å². The van der Waals surface area contributed by atoms with Crippen LogP contribution in [-0.4, -0.2) is 15.0 Å². The normalized spacial score (nSPS) is 11.7. The van der Waals surface area contributed by atoms with E-state index >= 15 is 0 Å². The first-order chi connectivity index (χ1) is 13.3. The molecule has 1 aliphatic rings. The van der Waals surface area contributed by atoms with E-state index in [1.807, 2.05) is 72.8 Å². The maximum absolute atomic E-state index is 6.18. The molecule has 0 saturated carbocycles. The van der Waals surface area contributed by atoms with Crippen LogP contribution < -0.4 is 9.47 Å². The van der Waals surface area contributed by atoms with E-state index in [-0.39, 0.29) is 5.28 Å². The number of hydrogen-bond acceptors (Lipinski definition) is 5. The Balaban J connectivity index is 1.64. The number of rotatable bonds is 2. The van der Waals surface area contributed by atoms with Gasteiger partial charge >= 0.3 is 0 Å². The van der Waals surface area contributed by atoms with E-state index in [1.165, 1.54) is 0 Å². The van der Waals surface area contributed by atoms with E-state index in [0.29, 0.717) is 40.2 Å². The summed E-state index contributed by atoms with van der Waals surface area (Å²) >= 11 is 6.18. The minimum absolute atomic E-state index is 0.119. The summed E-state index contributed by atoms with van der Waals surface area (Å²) in [4.78, 5) is 13.1. The van der Waals surface area contributed by atoms with Crippen LogP contribution in [0.25, 0.3) is 22.8 Å². The largest absolute Gasteiger partial charge is 0.449 e. The van der Waals surface area contributed by atoms with Gasteiger partial charge in [-0.15, -0.1) is 0 Å². The Morgan fingerprint density at radius 3 is 2.07 bits per heavy atom. The Labute approximate surface area is 160 Å². The van der Waals surface area contributed by atoms with Crippen molar-refractivity contribution in [2.75, 3.05) is 0 Å². The highest BCUT2D eigenvalue weighted by atomic mass is 35.5. The Hall–Kier alpha value is -3.44. The molecule has 0 radical (unpaired) electrons. The lowest BCUT2D eigenvalue weighted by atomic mass is 10.1. The second kappa shape index (κ2) is 6.37. The standard InChI is InChI=1S/C21H12ClN3O2/c22-21-24-19(13-7-2-1-3-8-13)23-20(25-21)14-9-6-12-17-18(14)27-16-11-5-4-10-15(16)26-17/h1-12H. The lowest BCUT2D eigenvalue weighted by Gasteiger charge is -2.22. The second-order valence-corrected chi connectivity index (χ2v) is 6.24. The third-order valence-corrected chi connectivity index (χ3v) is 4.31. The molecule has 0 saturated heterocycles. The Kier molecular flexibility index (Phi) is 3.73. The van der Waals surface area contributed by atoms with Gasteiger partial charge in [-0.25, -0.2) is 4.98 Å². The minimum atomic E-state index is 0.119. The quantitative estimate of drug-likeness (QED) is 0.394. The van der Waals surface area contributed by atoms with Crippen LogP contribution in [0.1, 0.15) is 0 Å². The highest BCUT2D eigenvalue weighted by molar-refractivity contribution is 6.28. The molecule has 5 nitrogen and oxygen atoms in total. The van der Waals surface area contributed by atoms with Gasteiger partial charge in [0.1, 0.15) is 0 Å². The van der Waals surface area contributed by atoms with Crippen LogP contribution in [0.2, 0.25) is 5.28 Å². The summed E-state index contributed by atoms with van der Waals surface area (Å²) in [5.74, 6) is 3.39. The lowest BCUT2D eigenvalue weighted by molar-refractivity contribution is 0.360. The molecule has 0 fully saturated rings. The predicted octanol–water partition coefficient (Wildman–Crippen LogP) is 5.76. The van der Waals surface area contributed by atoms with Gasteiger partial charge < -0.3 is 9.47 Å². The van der Waals surface area contributed by atoms with Crippen LogP contribution in [0.3, 0.4) is 0 Å². The highest BCUT2D eigenvalue weighted by Gasteiger charge is 2.23. The molecule has 0 bridgehead atoms. The fourth-order valence-corrected chi connectivity index (χ4v) is 3.07. The van der Waals surface area contributed by atoms with E-state index in [4.69, 9.17) is 21.1 Å². The van der Waals surface area contributed by atoms with Crippen molar-refractivity contribution in [3.8, 4) is 45.8 Å². The van der Waals surface area contributed by atoms with Crippen molar-refractivity contribution in [2.45, 2.75) is 0 Å². The van der Waals surface area contributed by atoms with Crippen LogP contribution in [-0.2, 0) is 0 Å². The second-order valence-electron chi connectivity index (χ2n) is 5.90. The molecule has 0 N–H and O–H groups in total. The summed E-state index contributed by atoms with van der Waals surface area (Å²) in [6, 6.07) is 22.7. The molecule has 0 atom stereocenters. The highest BCUT2D eigenvalue weighted by Crippen LogP contribution is 2.48. The van der Waals surface area contributed by atoms with E-state index in [9.17, 15) is 0 Å². The van der Waals surface area contributed by atoms with Crippen molar-refractivity contribution in [1.29, 1.82) is 0 Å². The molecule has 1 aliphatic heterocycles. The molecule has 1 aromatic heterocycles. The molecule has 6 heteroatoms. The van der Waals surface area contributed by atoms with Gasteiger partial charge in [0.25, 0.3) is 0 Å². The Morgan fingerprint density at radius 1 is 0.593 bits per heavy atom. The topological polar surface area (TPSA) is 57.1 Å². The SMILES string of the molecule is Clc1nc(-c2ccccc2)nc(-c2cccc3c2Oc2ccccc2O3)n1. The monoisotopic (exact) mass is 373 g/mol. The van der Waals surface area contributed by atoms with E-state index in [0.717, 1.165) is 5.56 Å². The number of hydrogen-bond donors (Lipinski definition) is 0. The molecule has 130 valence electrons. The molecule has 0 aliphatic carbocycles. The first-order valence-electron chi connectivity index (χ1n) is 8.33. The van der Waals surface area contributed by atoms with E-state index in [2.05, 4.69) is 15.0 Å². The summed E-state index contributed by atoms with van der Waals surface area (Å²) in [6.07, 6.45) is 0. The summed E-state index contributed by atoms with van der Waals surface area (Å²) in [5.41, 5.74) is 1.54. The molecule has 0 amide bonds. The molecule has 0 unspecified atom stereocenters. The van der Waals surface area contributed by atoms with Gasteiger partial charge in [-0.05, 0) is 35.9 Å². The maximum Gasteiger partial charge on any atom is 0.226 e. The summed E-state index contributed by atoms with van der Waals surface area (Å²) in [5, 5.41) is 0.119. The number of nitrogens with zero attached hydrogens (tertiary/aromatic N) is 3. The van der Waals surface area contributed by atoms with Crippen LogP contribution in [0, 0.1) is 0 Å². The van der Waals surface area contributed by atoms with Gasteiger partial charge in [0.05, 0.1) is 5.56 Å². The average Bonchev–Trinajstić information content (AvgIpc) is 2.72. The van der Waals surface area contributed by atoms with Gasteiger partial charge in [-0.1, -0.05) is 48.5 Å². The van der Waals surface area contributed by atoms with Gasteiger partial charge in [-0.3, -0.25) is 0 Å². The van der Waals surface area contributed by atoms with Gasteiger partial charge in [0, 0.05) is 5.56 Å². The molecular formula is C21H12ClN3O2. The van der Waals surface area contributed by atoms with Crippen molar-refractivity contribution in [1.82, 2.24) is 15.0 Å². The molecular weight excluding hydrogens is 362 g/mol. The number of fused-ring (bicyclic) bond motifs is 2. The fourth-order valence-electron chi connectivity index (χ4n) is 2.91. The molecule has 4 aromatic rings. The first kappa shape index (κ1) is 15.8. The Morgan fingerprint density at radius 2 is 1.26 bits per heavy atom. The average molecular weight is 374 g/mol. The predicted molar refractivity (Wildman–Crippen MR) is 102 cm³/mol. The zero-order valence-electron chi connectivity index (χ0n) is 14.0. The summed E-state index contributed by atoms with van der Waals surface area (Å²) in [7, 11) is 0. The molecule has 3 aromatic carbocycles. The van der Waals surface area contributed by atoms with Gasteiger partial charge in [0.15, 0.2) is 34.6 Å². The van der Waals surface area contributed by atoms with Crippen LogP contribution in [0.15, 0.2) is 72.8 Å². The Bertz CT molecular complexity index is 1150. The number of aromatic nitrogens is 3. The molecule has 5 rings (SSSR count). The van der Waals surface area contributed by atoms with Crippen LogP contribution >= 0.6 is 11.6 Å². The third kappa shape index (κ3) is 2.88.